The fourth-order valence-corrected chi connectivity index (χ4v) is 3.51. The molecule has 28 heavy (non-hydrogen) atoms. The third-order valence-electron chi connectivity index (χ3n) is 4.97. The number of para-hydroxylation sites is 1. The zero-order valence-corrected chi connectivity index (χ0v) is 17.0. The van der Waals surface area contributed by atoms with Crippen molar-refractivity contribution in [2.24, 2.45) is 0 Å². The molecule has 0 saturated carbocycles. The molecular weight excluding hydrogens is 354 g/mol. The van der Waals surface area contributed by atoms with E-state index in [9.17, 15) is 4.79 Å². The number of hydrogen-bond acceptors (Lipinski definition) is 3. The Bertz CT molecular complexity index is 878. The van der Waals surface area contributed by atoms with E-state index < -0.39 is 0 Å². The first-order valence-electron chi connectivity index (χ1n) is 9.51. The van der Waals surface area contributed by atoms with Crippen LogP contribution in [0.25, 0.3) is 0 Å². The van der Waals surface area contributed by atoms with Crippen molar-refractivity contribution in [1.29, 1.82) is 0 Å². The molecule has 6 heteroatoms. The molecule has 148 valence electrons. The second-order valence-corrected chi connectivity index (χ2v) is 6.92. The SMILES string of the molecule is CO[N+](=Cc1c(C)cc(C)c(OCCN2CCNC2=O)c1C)c1ccccc1. The number of nitrogens with one attached hydrogen (secondary N) is 1. The van der Waals surface area contributed by atoms with Gasteiger partial charge < -0.3 is 15.0 Å². The van der Waals surface area contributed by atoms with Crippen LogP contribution in [-0.4, -0.2) is 55.2 Å². The molecule has 6 nitrogen and oxygen atoms in total. The van der Waals surface area contributed by atoms with Crippen molar-refractivity contribution in [3.05, 3.63) is 58.7 Å². The van der Waals surface area contributed by atoms with Gasteiger partial charge in [-0.1, -0.05) is 24.3 Å². The van der Waals surface area contributed by atoms with Gasteiger partial charge in [-0.15, -0.1) is 0 Å². The topological polar surface area (TPSA) is 53.8 Å². The van der Waals surface area contributed by atoms with Crippen LogP contribution in [0.4, 0.5) is 10.5 Å². The molecule has 2 amide bonds. The molecule has 1 heterocycles. The highest BCUT2D eigenvalue weighted by Crippen LogP contribution is 2.28. The standard InChI is InChI=1S/C22H27N3O3/c1-16-14-17(2)21(28-13-12-24-11-10-23-22(24)26)18(3)20(16)15-25(27-4)19-8-6-5-7-9-19/h5-9,14-15H,10-13H2,1-4H3/p+1. The zero-order chi connectivity index (χ0) is 20.1. The number of rotatable bonds is 7. The van der Waals surface area contributed by atoms with Crippen LogP contribution in [0.2, 0.25) is 0 Å². The summed E-state index contributed by atoms with van der Waals surface area (Å²) in [4.78, 5) is 19.0. The molecule has 0 bridgehead atoms. The summed E-state index contributed by atoms with van der Waals surface area (Å²) in [6, 6.07) is 12.0. The van der Waals surface area contributed by atoms with Crippen molar-refractivity contribution in [3.63, 3.8) is 0 Å². The Kier molecular flexibility index (Phi) is 6.19. The monoisotopic (exact) mass is 382 g/mol. The van der Waals surface area contributed by atoms with Gasteiger partial charge in [0.2, 0.25) is 6.21 Å². The number of carbonyl (C=O) groups excluding carboxylic acids is 1. The van der Waals surface area contributed by atoms with E-state index in [1.807, 2.05) is 43.5 Å². The van der Waals surface area contributed by atoms with Crippen LogP contribution in [0.1, 0.15) is 22.3 Å². The number of urea groups is 1. The molecule has 1 aliphatic heterocycles. The third kappa shape index (κ3) is 4.27. The predicted octanol–water partition coefficient (Wildman–Crippen LogP) is 3.34. The number of hydrogen-bond donors (Lipinski definition) is 1. The van der Waals surface area contributed by atoms with Crippen LogP contribution in [0.3, 0.4) is 0 Å². The van der Waals surface area contributed by atoms with E-state index in [4.69, 9.17) is 9.57 Å². The summed E-state index contributed by atoms with van der Waals surface area (Å²) >= 11 is 0. The quantitative estimate of drug-likeness (QED) is 0.454. The third-order valence-corrected chi connectivity index (χ3v) is 4.97. The Balaban J connectivity index is 1.85. The minimum atomic E-state index is -0.0198. The number of amides is 2. The zero-order valence-electron chi connectivity index (χ0n) is 17.0. The highest BCUT2D eigenvalue weighted by molar-refractivity contribution is 5.82. The molecule has 1 saturated heterocycles. The maximum Gasteiger partial charge on any atom is 0.317 e. The van der Waals surface area contributed by atoms with Crippen molar-refractivity contribution < 1.29 is 19.1 Å². The van der Waals surface area contributed by atoms with Crippen molar-refractivity contribution in [2.75, 3.05) is 33.4 Å². The first-order valence-corrected chi connectivity index (χ1v) is 9.51. The summed E-state index contributed by atoms with van der Waals surface area (Å²) in [5.41, 5.74) is 5.31. The lowest BCUT2D eigenvalue weighted by molar-refractivity contribution is -0.716. The molecule has 3 rings (SSSR count). The number of aryl methyl sites for hydroxylation is 2. The fourth-order valence-electron chi connectivity index (χ4n) is 3.51. The van der Waals surface area contributed by atoms with Crippen molar-refractivity contribution in [3.8, 4) is 5.75 Å². The largest absolute Gasteiger partial charge is 0.491 e. The smallest absolute Gasteiger partial charge is 0.317 e. The Hall–Kier alpha value is -3.02. The number of ether oxygens (including phenoxy) is 1. The van der Waals surface area contributed by atoms with E-state index >= 15 is 0 Å². The molecule has 0 unspecified atom stereocenters. The maximum atomic E-state index is 11.7. The average molecular weight is 382 g/mol. The molecule has 0 aromatic heterocycles. The van der Waals surface area contributed by atoms with Crippen LogP contribution in [0.5, 0.6) is 5.75 Å². The Morgan fingerprint density at radius 3 is 2.57 bits per heavy atom. The lowest BCUT2D eigenvalue weighted by Crippen LogP contribution is -2.32. The van der Waals surface area contributed by atoms with E-state index in [2.05, 4.69) is 25.2 Å². The summed E-state index contributed by atoms with van der Waals surface area (Å²) in [7, 11) is 1.65. The highest BCUT2D eigenvalue weighted by atomic mass is 16.7. The molecule has 0 radical (unpaired) electrons. The van der Waals surface area contributed by atoms with Crippen LogP contribution in [0, 0.1) is 20.8 Å². The Morgan fingerprint density at radius 1 is 1.18 bits per heavy atom. The molecule has 1 fully saturated rings. The minimum absolute atomic E-state index is 0.0198. The Morgan fingerprint density at radius 2 is 1.93 bits per heavy atom. The van der Waals surface area contributed by atoms with E-state index in [-0.39, 0.29) is 6.03 Å². The molecule has 1 N–H and O–H groups in total. The van der Waals surface area contributed by atoms with Crippen LogP contribution in [0.15, 0.2) is 36.4 Å². The van der Waals surface area contributed by atoms with Gasteiger partial charge in [-0.2, -0.15) is 0 Å². The number of nitrogens with zero attached hydrogens (tertiary/aromatic N) is 2. The van der Waals surface area contributed by atoms with Crippen LogP contribution in [-0.2, 0) is 4.84 Å². The van der Waals surface area contributed by atoms with Gasteiger partial charge in [0.15, 0.2) is 0 Å². The van der Waals surface area contributed by atoms with Gasteiger partial charge in [0.1, 0.15) is 19.5 Å². The average Bonchev–Trinajstić information content (AvgIpc) is 3.10. The van der Waals surface area contributed by atoms with Gasteiger partial charge in [0.25, 0.3) is 5.69 Å². The fraction of sp³-hybridized carbons (Fsp3) is 0.364. The maximum absolute atomic E-state index is 11.7. The molecule has 0 spiro atoms. The van der Waals surface area contributed by atoms with Crippen LogP contribution >= 0.6 is 0 Å². The predicted molar refractivity (Wildman–Crippen MR) is 110 cm³/mol. The van der Waals surface area contributed by atoms with Crippen molar-refractivity contribution in [2.45, 2.75) is 20.8 Å². The summed E-state index contributed by atoms with van der Waals surface area (Å²) in [6.07, 6.45) is 1.99. The van der Waals surface area contributed by atoms with Gasteiger partial charge in [0.05, 0.1) is 12.1 Å². The molecule has 0 atom stereocenters. The summed E-state index contributed by atoms with van der Waals surface area (Å²) in [6.45, 7) is 8.66. The minimum Gasteiger partial charge on any atom is -0.491 e. The first-order chi connectivity index (χ1) is 13.5. The highest BCUT2D eigenvalue weighted by Gasteiger charge is 2.20. The molecule has 2 aromatic rings. The van der Waals surface area contributed by atoms with E-state index in [1.54, 1.807) is 16.7 Å². The van der Waals surface area contributed by atoms with Crippen molar-refractivity contribution in [1.82, 2.24) is 10.2 Å². The molecular formula is C22H28N3O3+. The molecule has 2 aromatic carbocycles. The lowest BCUT2D eigenvalue weighted by Gasteiger charge is -2.18. The van der Waals surface area contributed by atoms with Gasteiger partial charge in [-0.25, -0.2) is 4.79 Å². The number of carbonyl (C=O) groups is 1. The normalized spacial score (nSPS) is 14.2. The van der Waals surface area contributed by atoms with E-state index in [0.29, 0.717) is 19.7 Å². The first kappa shape index (κ1) is 19.7. The van der Waals surface area contributed by atoms with Gasteiger partial charge in [-0.3, -0.25) is 4.84 Å². The summed E-state index contributed by atoms with van der Waals surface area (Å²) in [5.74, 6) is 0.862. The number of benzene rings is 2. The van der Waals surface area contributed by atoms with E-state index in [1.165, 1.54) is 0 Å². The van der Waals surface area contributed by atoms with Crippen LogP contribution < -0.4 is 10.1 Å². The Labute approximate surface area is 166 Å². The second kappa shape index (κ2) is 8.78. The summed E-state index contributed by atoms with van der Waals surface area (Å²) in [5, 5.41) is 2.81. The van der Waals surface area contributed by atoms with Gasteiger partial charge >= 0.3 is 6.03 Å². The second-order valence-electron chi connectivity index (χ2n) is 6.92. The van der Waals surface area contributed by atoms with E-state index in [0.717, 1.165) is 40.2 Å². The van der Waals surface area contributed by atoms with Gasteiger partial charge in [0, 0.05) is 35.5 Å². The molecule has 0 aliphatic carbocycles. The summed E-state index contributed by atoms with van der Waals surface area (Å²) < 4.78 is 7.85. The lowest BCUT2D eigenvalue weighted by atomic mass is 9.99. The van der Waals surface area contributed by atoms with Gasteiger partial charge in [-0.05, 0) is 31.9 Å². The molecule has 1 aliphatic rings. The van der Waals surface area contributed by atoms with Crippen molar-refractivity contribution >= 4 is 17.9 Å².